The molecule has 2 aromatic rings. The van der Waals surface area contributed by atoms with Gasteiger partial charge in [-0.1, -0.05) is 17.7 Å². The fourth-order valence-electron chi connectivity index (χ4n) is 1.58. The van der Waals surface area contributed by atoms with Crippen molar-refractivity contribution in [2.75, 3.05) is 10.5 Å². The van der Waals surface area contributed by atoms with Crippen molar-refractivity contribution < 1.29 is 13.5 Å². The van der Waals surface area contributed by atoms with Gasteiger partial charge in [-0.25, -0.2) is 8.42 Å². The molecule has 0 amide bonds. The lowest BCUT2D eigenvalue weighted by Gasteiger charge is -2.10. The number of nitrogen functional groups attached to an aromatic ring is 1. The number of aryl methyl sites for hydroxylation is 1. The number of nitrogens with two attached hydrogens (primary N) is 1. The van der Waals surface area contributed by atoms with Crippen molar-refractivity contribution >= 4 is 33.0 Å². The Morgan fingerprint density at radius 1 is 1.20 bits per heavy atom. The predicted molar refractivity (Wildman–Crippen MR) is 79.5 cm³/mol. The molecule has 0 spiro atoms. The van der Waals surface area contributed by atoms with Crippen molar-refractivity contribution in [1.82, 2.24) is 0 Å². The average molecular weight is 313 g/mol. The fourth-order valence-corrected chi connectivity index (χ4v) is 2.78. The summed E-state index contributed by atoms with van der Waals surface area (Å²) in [6, 6.07) is 8.56. The number of benzene rings is 2. The average Bonchev–Trinajstić information content (AvgIpc) is 2.37. The van der Waals surface area contributed by atoms with Gasteiger partial charge in [0.05, 0.1) is 21.3 Å². The topological polar surface area (TPSA) is 92.4 Å². The normalized spacial score (nSPS) is 11.3. The van der Waals surface area contributed by atoms with Gasteiger partial charge in [-0.05, 0) is 36.8 Å². The number of halogens is 1. The molecule has 0 aliphatic heterocycles. The van der Waals surface area contributed by atoms with E-state index in [0.717, 1.165) is 0 Å². The van der Waals surface area contributed by atoms with Crippen LogP contribution in [0.4, 0.5) is 11.4 Å². The van der Waals surface area contributed by atoms with E-state index in [4.69, 9.17) is 17.3 Å². The van der Waals surface area contributed by atoms with Crippen LogP contribution < -0.4 is 10.5 Å². The zero-order chi connectivity index (χ0) is 14.9. The highest BCUT2D eigenvalue weighted by Gasteiger charge is 2.15. The predicted octanol–water partition coefficient (Wildman–Crippen LogP) is 2.74. The second-order valence-electron chi connectivity index (χ2n) is 4.29. The first-order valence-corrected chi connectivity index (χ1v) is 7.53. The number of hydrogen-bond donors (Lipinski definition) is 3. The van der Waals surface area contributed by atoms with Gasteiger partial charge in [0.1, 0.15) is 5.75 Å². The van der Waals surface area contributed by atoms with E-state index in [-0.39, 0.29) is 27.0 Å². The molecule has 0 aromatic heterocycles. The maximum Gasteiger partial charge on any atom is 0.261 e. The second-order valence-corrected chi connectivity index (χ2v) is 6.38. The van der Waals surface area contributed by atoms with Crippen LogP contribution in [0.2, 0.25) is 5.02 Å². The monoisotopic (exact) mass is 312 g/mol. The molecule has 0 saturated heterocycles. The fraction of sp³-hybridized carbons (Fsp3) is 0.0769. The molecule has 0 atom stereocenters. The summed E-state index contributed by atoms with van der Waals surface area (Å²) in [6.45, 7) is 1.72. The highest BCUT2D eigenvalue weighted by molar-refractivity contribution is 7.92. The number of phenols is 1. The lowest BCUT2D eigenvalue weighted by Crippen LogP contribution is -2.13. The molecular weight excluding hydrogens is 300 g/mol. The maximum absolute atomic E-state index is 12.2. The molecule has 0 saturated carbocycles. The standard InChI is InChI=1S/C13H13ClN2O3S/c1-8-2-3-9(6-13(8)17)16-20(18,19)10-4-5-11(14)12(15)7-10/h2-7,16-17H,15H2,1H3. The summed E-state index contributed by atoms with van der Waals surface area (Å²) in [5, 5.41) is 9.86. The molecular formula is C13H13ClN2O3S. The van der Waals surface area contributed by atoms with E-state index < -0.39 is 10.0 Å². The molecule has 0 unspecified atom stereocenters. The summed E-state index contributed by atoms with van der Waals surface area (Å²) in [5.74, 6) is 0.0146. The van der Waals surface area contributed by atoms with Gasteiger partial charge in [0, 0.05) is 6.07 Å². The van der Waals surface area contributed by atoms with Crippen molar-refractivity contribution in [1.29, 1.82) is 0 Å². The molecule has 5 nitrogen and oxygen atoms in total. The minimum absolute atomic E-state index is 0.000496. The van der Waals surface area contributed by atoms with E-state index in [2.05, 4.69) is 4.72 Å². The molecule has 0 bridgehead atoms. The zero-order valence-corrected chi connectivity index (χ0v) is 12.2. The number of phenolic OH excluding ortho intramolecular Hbond substituents is 1. The Hall–Kier alpha value is -1.92. The number of rotatable bonds is 3. The van der Waals surface area contributed by atoms with E-state index >= 15 is 0 Å². The van der Waals surface area contributed by atoms with Crippen molar-refractivity contribution in [3.05, 3.63) is 47.0 Å². The molecule has 4 N–H and O–H groups in total. The van der Waals surface area contributed by atoms with E-state index in [9.17, 15) is 13.5 Å². The Bertz CT molecular complexity index is 760. The number of nitrogens with one attached hydrogen (secondary N) is 1. The quantitative estimate of drug-likeness (QED) is 0.760. The molecule has 20 heavy (non-hydrogen) atoms. The summed E-state index contributed by atoms with van der Waals surface area (Å²) in [7, 11) is -3.78. The molecule has 7 heteroatoms. The molecule has 0 aliphatic carbocycles. The van der Waals surface area contributed by atoms with Crippen LogP contribution in [-0.2, 0) is 10.0 Å². The molecule has 106 valence electrons. The van der Waals surface area contributed by atoms with Gasteiger partial charge in [0.25, 0.3) is 10.0 Å². The minimum atomic E-state index is -3.78. The minimum Gasteiger partial charge on any atom is -0.508 e. The van der Waals surface area contributed by atoms with Gasteiger partial charge in [-0.15, -0.1) is 0 Å². The Balaban J connectivity index is 2.35. The summed E-state index contributed by atoms with van der Waals surface area (Å²) in [6.07, 6.45) is 0. The first-order valence-electron chi connectivity index (χ1n) is 5.67. The van der Waals surface area contributed by atoms with Crippen LogP contribution in [0.25, 0.3) is 0 Å². The molecule has 2 aromatic carbocycles. The highest BCUT2D eigenvalue weighted by Crippen LogP contribution is 2.26. The lowest BCUT2D eigenvalue weighted by atomic mass is 10.2. The summed E-state index contributed by atoms with van der Waals surface area (Å²) < 4.78 is 26.7. The van der Waals surface area contributed by atoms with Crippen LogP contribution in [0.5, 0.6) is 5.75 Å². The number of sulfonamides is 1. The third-order valence-corrected chi connectivity index (χ3v) is 4.46. The molecule has 2 rings (SSSR count). The number of aromatic hydroxyl groups is 1. The van der Waals surface area contributed by atoms with Crippen LogP contribution in [0.3, 0.4) is 0 Å². The third kappa shape index (κ3) is 2.97. The molecule has 0 heterocycles. The van der Waals surface area contributed by atoms with E-state index in [1.54, 1.807) is 19.1 Å². The largest absolute Gasteiger partial charge is 0.508 e. The first kappa shape index (κ1) is 14.5. The third-order valence-electron chi connectivity index (χ3n) is 2.74. The van der Waals surface area contributed by atoms with Crippen molar-refractivity contribution in [2.45, 2.75) is 11.8 Å². The summed E-state index contributed by atoms with van der Waals surface area (Å²) in [5.41, 5.74) is 6.69. The highest BCUT2D eigenvalue weighted by atomic mass is 35.5. The van der Waals surface area contributed by atoms with Crippen LogP contribution in [-0.4, -0.2) is 13.5 Å². The van der Waals surface area contributed by atoms with Gasteiger partial charge < -0.3 is 10.8 Å². The van der Waals surface area contributed by atoms with E-state index in [0.29, 0.717) is 5.56 Å². The number of hydrogen-bond acceptors (Lipinski definition) is 4. The Kier molecular flexibility index (Phi) is 3.78. The van der Waals surface area contributed by atoms with Crippen LogP contribution >= 0.6 is 11.6 Å². The van der Waals surface area contributed by atoms with E-state index in [1.165, 1.54) is 24.3 Å². The first-order chi connectivity index (χ1) is 9.29. The van der Waals surface area contributed by atoms with E-state index in [1.807, 2.05) is 0 Å². The van der Waals surface area contributed by atoms with Gasteiger partial charge in [-0.3, -0.25) is 4.72 Å². The van der Waals surface area contributed by atoms with Gasteiger partial charge in [-0.2, -0.15) is 0 Å². The molecule has 0 aliphatic rings. The van der Waals surface area contributed by atoms with Gasteiger partial charge in [0.2, 0.25) is 0 Å². The Morgan fingerprint density at radius 3 is 2.50 bits per heavy atom. The van der Waals surface area contributed by atoms with Gasteiger partial charge in [0.15, 0.2) is 0 Å². The number of anilines is 2. The Labute approximate surface area is 122 Å². The van der Waals surface area contributed by atoms with Gasteiger partial charge >= 0.3 is 0 Å². The maximum atomic E-state index is 12.2. The summed E-state index contributed by atoms with van der Waals surface area (Å²) in [4.78, 5) is -0.000496. The van der Waals surface area contributed by atoms with Crippen molar-refractivity contribution in [3.8, 4) is 5.75 Å². The molecule has 0 fully saturated rings. The smallest absolute Gasteiger partial charge is 0.261 e. The van der Waals surface area contributed by atoms with Crippen molar-refractivity contribution in [3.63, 3.8) is 0 Å². The lowest BCUT2D eigenvalue weighted by molar-refractivity contribution is 0.471. The van der Waals surface area contributed by atoms with Crippen LogP contribution in [0.15, 0.2) is 41.3 Å². The van der Waals surface area contributed by atoms with Crippen molar-refractivity contribution in [2.24, 2.45) is 0 Å². The molecule has 0 radical (unpaired) electrons. The SMILES string of the molecule is Cc1ccc(NS(=O)(=O)c2ccc(Cl)c(N)c2)cc1O. The zero-order valence-electron chi connectivity index (χ0n) is 10.6. The summed E-state index contributed by atoms with van der Waals surface area (Å²) >= 11 is 5.76. The van der Waals surface area contributed by atoms with Crippen LogP contribution in [0, 0.1) is 6.92 Å². The Morgan fingerprint density at radius 2 is 1.90 bits per heavy atom. The van der Waals surface area contributed by atoms with Crippen LogP contribution in [0.1, 0.15) is 5.56 Å². The second kappa shape index (κ2) is 5.22.